The van der Waals surface area contributed by atoms with Crippen molar-refractivity contribution < 1.29 is 4.57 Å². The van der Waals surface area contributed by atoms with E-state index in [1.54, 1.807) is 0 Å². The Hall–Kier alpha value is -3.27. The molecule has 2 heterocycles. The third-order valence-electron chi connectivity index (χ3n) is 6.66. The molecule has 0 aliphatic rings. The molecule has 0 spiro atoms. The Morgan fingerprint density at radius 3 is 1.78 bits per heavy atom. The van der Waals surface area contributed by atoms with Crippen molar-refractivity contribution in [2.45, 2.75) is 6.92 Å². The van der Waals surface area contributed by atoms with E-state index < -0.39 is 0 Å². The van der Waals surface area contributed by atoms with E-state index in [4.69, 9.17) is 0 Å². The highest BCUT2D eigenvalue weighted by Crippen LogP contribution is 2.42. The van der Waals surface area contributed by atoms with Crippen molar-refractivity contribution in [1.82, 2.24) is 0 Å². The van der Waals surface area contributed by atoms with Crippen LogP contribution >= 0.6 is 22.7 Å². The summed E-state index contributed by atoms with van der Waals surface area (Å²) >= 11 is 3.81. The van der Waals surface area contributed by atoms with Crippen LogP contribution in [-0.4, -0.2) is 0 Å². The molecule has 3 heteroatoms. The van der Waals surface area contributed by atoms with E-state index in [0.717, 1.165) is 0 Å². The highest BCUT2D eigenvalue weighted by molar-refractivity contribution is 7.32. The van der Waals surface area contributed by atoms with E-state index >= 15 is 0 Å². The monoisotopic (exact) mass is 446 g/mol. The first-order valence-corrected chi connectivity index (χ1v) is 12.5. The molecule has 0 saturated carbocycles. The molecule has 32 heavy (non-hydrogen) atoms. The fourth-order valence-electron chi connectivity index (χ4n) is 5.11. The molecule has 7 aromatic rings. The zero-order chi connectivity index (χ0) is 21.4. The summed E-state index contributed by atoms with van der Waals surface area (Å²) in [5.41, 5.74) is 2.66. The molecule has 5 aromatic carbocycles. The predicted octanol–water partition coefficient (Wildman–Crippen LogP) is 8.38. The van der Waals surface area contributed by atoms with E-state index in [1.165, 1.54) is 68.1 Å². The number of fused-ring (bicyclic) bond motifs is 9. The Labute approximate surface area is 193 Å². The molecule has 7 rings (SSSR count). The van der Waals surface area contributed by atoms with E-state index in [0.29, 0.717) is 0 Å². The molecule has 0 unspecified atom stereocenters. The van der Waals surface area contributed by atoms with Gasteiger partial charge in [0.25, 0.3) is 9.84 Å². The lowest BCUT2D eigenvalue weighted by molar-refractivity contribution is -0.627. The number of hydrogen-bond acceptors (Lipinski definition) is 2. The van der Waals surface area contributed by atoms with Gasteiger partial charge in [0.15, 0.2) is 0 Å². The number of thiazole rings is 1. The van der Waals surface area contributed by atoms with E-state index in [1.807, 2.05) is 22.7 Å². The minimum absolute atomic E-state index is 1.33. The van der Waals surface area contributed by atoms with Crippen LogP contribution in [0.5, 0.6) is 0 Å². The molecular formula is C29H20NS2+. The van der Waals surface area contributed by atoms with Gasteiger partial charge in [0.2, 0.25) is 0 Å². The van der Waals surface area contributed by atoms with Crippen molar-refractivity contribution in [3.63, 3.8) is 0 Å². The summed E-state index contributed by atoms with van der Waals surface area (Å²) in [5, 5.41) is 10.7. The number of rotatable bonds is 1. The number of benzene rings is 5. The van der Waals surface area contributed by atoms with Gasteiger partial charge in [-0.3, -0.25) is 0 Å². The van der Waals surface area contributed by atoms with Crippen molar-refractivity contribution in [3.8, 4) is 10.6 Å². The van der Waals surface area contributed by atoms with Gasteiger partial charge in [0.05, 0.1) is 5.56 Å². The fraction of sp³-hybridized carbons (Fsp3) is 0.0690. The summed E-state index contributed by atoms with van der Waals surface area (Å²) in [4.78, 5) is 1.36. The summed E-state index contributed by atoms with van der Waals surface area (Å²) < 4.78 is 5.15. The summed E-state index contributed by atoms with van der Waals surface area (Å²) in [6.45, 7) is 2.25. The van der Waals surface area contributed by atoms with Gasteiger partial charge in [-0.05, 0) is 63.0 Å². The maximum atomic E-state index is 2.43. The standard InChI is InChI=1S/C29H20NS2/c1-17-15-24-20-11-5-3-9-18(20)19-10-4-6-12-21(19)25(24)16-23(17)28-30(2)29-27(32-28)22-13-7-8-14-26(22)31-29/h3-16H,1-2H3/q+1. The molecule has 0 aliphatic carbocycles. The quantitative estimate of drug-likeness (QED) is 0.176. The lowest BCUT2D eigenvalue weighted by Gasteiger charge is -2.12. The topological polar surface area (TPSA) is 3.88 Å². The summed E-state index contributed by atoms with van der Waals surface area (Å²) in [5.74, 6) is 0. The van der Waals surface area contributed by atoms with Crippen molar-refractivity contribution >= 4 is 74.6 Å². The van der Waals surface area contributed by atoms with Gasteiger partial charge >= 0.3 is 0 Å². The van der Waals surface area contributed by atoms with Crippen LogP contribution < -0.4 is 4.57 Å². The SMILES string of the molecule is Cc1cc2c3ccccc3c3ccccc3c2cc1-c1sc2c3ccccc3sc2[n+]1C. The highest BCUT2D eigenvalue weighted by Gasteiger charge is 2.25. The average Bonchev–Trinajstić information content (AvgIpc) is 3.35. The smallest absolute Gasteiger partial charge is 0.175 e. The fourth-order valence-corrected chi connectivity index (χ4v) is 7.81. The second kappa shape index (κ2) is 6.61. The van der Waals surface area contributed by atoms with E-state index in [9.17, 15) is 0 Å². The molecule has 1 nitrogen and oxygen atoms in total. The Morgan fingerprint density at radius 2 is 1.12 bits per heavy atom. The molecule has 0 saturated heterocycles. The minimum Gasteiger partial charge on any atom is -0.175 e. The van der Waals surface area contributed by atoms with Gasteiger partial charge in [-0.1, -0.05) is 89.4 Å². The zero-order valence-electron chi connectivity index (χ0n) is 17.8. The second-order valence-corrected chi connectivity index (χ2v) is 10.5. The Kier molecular flexibility index (Phi) is 3.79. The Balaban J connectivity index is 1.60. The zero-order valence-corrected chi connectivity index (χ0v) is 19.5. The molecule has 0 radical (unpaired) electrons. The lowest BCUT2D eigenvalue weighted by atomic mass is 9.91. The second-order valence-electron chi connectivity index (χ2n) is 8.50. The van der Waals surface area contributed by atoms with Crippen LogP contribution in [0.25, 0.3) is 62.5 Å². The van der Waals surface area contributed by atoms with Crippen LogP contribution in [0.4, 0.5) is 0 Å². The van der Waals surface area contributed by atoms with Gasteiger partial charge in [0.1, 0.15) is 11.7 Å². The minimum atomic E-state index is 1.33. The largest absolute Gasteiger partial charge is 0.281 e. The molecule has 2 aromatic heterocycles. The molecule has 0 atom stereocenters. The molecule has 152 valence electrons. The van der Waals surface area contributed by atoms with Gasteiger partial charge in [-0.25, -0.2) is 0 Å². The van der Waals surface area contributed by atoms with Gasteiger partial charge < -0.3 is 0 Å². The maximum absolute atomic E-state index is 2.43. The van der Waals surface area contributed by atoms with E-state index in [2.05, 4.69) is 103 Å². The van der Waals surface area contributed by atoms with Crippen LogP contribution in [0.1, 0.15) is 5.56 Å². The van der Waals surface area contributed by atoms with Gasteiger partial charge in [-0.15, -0.1) is 0 Å². The number of thiophene rings is 1. The molecule has 0 fully saturated rings. The predicted molar refractivity (Wildman–Crippen MR) is 141 cm³/mol. The van der Waals surface area contributed by atoms with Crippen molar-refractivity contribution in [1.29, 1.82) is 0 Å². The first-order valence-electron chi connectivity index (χ1n) is 10.8. The summed E-state index contributed by atoms with van der Waals surface area (Å²) in [6.07, 6.45) is 0. The van der Waals surface area contributed by atoms with Crippen LogP contribution in [0.2, 0.25) is 0 Å². The Morgan fingerprint density at radius 1 is 0.594 bits per heavy atom. The maximum Gasteiger partial charge on any atom is 0.281 e. The number of aryl methyl sites for hydroxylation is 2. The normalized spacial score (nSPS) is 12.1. The lowest BCUT2D eigenvalue weighted by Crippen LogP contribution is -2.27. The highest BCUT2D eigenvalue weighted by atomic mass is 32.1. The number of aromatic nitrogens is 1. The Bertz CT molecular complexity index is 1850. The van der Waals surface area contributed by atoms with Gasteiger partial charge in [0, 0.05) is 10.1 Å². The third kappa shape index (κ3) is 2.41. The van der Waals surface area contributed by atoms with Crippen molar-refractivity contribution in [3.05, 3.63) is 90.5 Å². The van der Waals surface area contributed by atoms with Gasteiger partial charge in [-0.2, -0.15) is 4.57 Å². The molecule has 0 amide bonds. The third-order valence-corrected chi connectivity index (χ3v) is 9.34. The number of nitrogens with zero attached hydrogens (tertiary/aromatic N) is 1. The molecular weight excluding hydrogens is 426 g/mol. The van der Waals surface area contributed by atoms with Crippen molar-refractivity contribution in [2.24, 2.45) is 7.05 Å². The van der Waals surface area contributed by atoms with Crippen LogP contribution in [0, 0.1) is 6.92 Å². The summed E-state index contributed by atoms with van der Waals surface area (Å²) in [7, 11) is 2.21. The molecule has 0 aliphatic heterocycles. The number of hydrogen-bond donors (Lipinski definition) is 0. The summed E-state index contributed by atoms with van der Waals surface area (Å²) in [6, 6.07) is 31.2. The molecule has 0 N–H and O–H groups in total. The molecule has 0 bridgehead atoms. The first kappa shape index (κ1) is 18.3. The average molecular weight is 447 g/mol. The first-order chi connectivity index (χ1) is 15.7. The van der Waals surface area contributed by atoms with E-state index in [-0.39, 0.29) is 0 Å². The van der Waals surface area contributed by atoms with Crippen LogP contribution in [0.15, 0.2) is 84.9 Å². The van der Waals surface area contributed by atoms with Crippen LogP contribution in [-0.2, 0) is 7.05 Å². The van der Waals surface area contributed by atoms with Crippen LogP contribution in [0.3, 0.4) is 0 Å². The van der Waals surface area contributed by atoms with Crippen molar-refractivity contribution in [2.75, 3.05) is 0 Å².